The molecule has 3 rings (SSSR count). The van der Waals surface area contributed by atoms with Gasteiger partial charge in [0, 0.05) is 18.0 Å². The zero-order chi connectivity index (χ0) is 14.8. The highest BCUT2D eigenvalue weighted by Crippen LogP contribution is 2.22. The second kappa shape index (κ2) is 5.36. The smallest absolute Gasteiger partial charge is 0.261 e. The van der Waals surface area contributed by atoms with Crippen LogP contribution in [0, 0.1) is 6.92 Å². The number of carbonyl (C=O) groups excluding carboxylic acids is 2. The summed E-state index contributed by atoms with van der Waals surface area (Å²) < 4.78 is 5.56. The molecule has 106 valence electrons. The summed E-state index contributed by atoms with van der Waals surface area (Å²) in [5.74, 6) is 0.161. The Morgan fingerprint density at radius 2 is 1.76 bits per heavy atom. The Bertz CT molecular complexity index is 677. The predicted octanol–water partition coefficient (Wildman–Crippen LogP) is 2.07. The number of nitrogens with zero attached hydrogens (tertiary/aromatic N) is 2. The lowest BCUT2D eigenvalue weighted by Gasteiger charge is -2.14. The van der Waals surface area contributed by atoms with E-state index in [-0.39, 0.29) is 25.0 Å². The molecule has 1 aromatic carbocycles. The number of ether oxygens (including phenoxy) is 1. The first kappa shape index (κ1) is 13.3. The Morgan fingerprint density at radius 1 is 1.10 bits per heavy atom. The van der Waals surface area contributed by atoms with Crippen molar-refractivity contribution in [3.63, 3.8) is 0 Å². The number of aromatic nitrogens is 1. The van der Waals surface area contributed by atoms with Crippen molar-refractivity contribution < 1.29 is 14.3 Å². The summed E-state index contributed by atoms with van der Waals surface area (Å²) in [5.41, 5.74) is 1.78. The molecule has 0 saturated carbocycles. The molecular formula is C16H14N2O3. The van der Waals surface area contributed by atoms with E-state index in [0.29, 0.717) is 16.9 Å². The first-order valence-corrected chi connectivity index (χ1v) is 6.67. The number of fused-ring (bicyclic) bond motifs is 1. The molecule has 1 aliphatic heterocycles. The Hall–Kier alpha value is -2.69. The number of carbonyl (C=O) groups is 2. The normalized spacial score (nSPS) is 13.5. The molecule has 0 unspecified atom stereocenters. The molecule has 0 atom stereocenters. The lowest BCUT2D eigenvalue weighted by molar-refractivity contribution is 0.0631. The van der Waals surface area contributed by atoms with Crippen LogP contribution in [0.3, 0.4) is 0 Å². The number of benzene rings is 1. The molecule has 0 aliphatic carbocycles. The van der Waals surface area contributed by atoms with E-state index in [1.54, 1.807) is 36.5 Å². The minimum absolute atomic E-state index is 0.230. The van der Waals surface area contributed by atoms with E-state index in [9.17, 15) is 9.59 Å². The van der Waals surface area contributed by atoms with Crippen molar-refractivity contribution in [3.05, 3.63) is 59.4 Å². The largest absolute Gasteiger partial charge is 0.492 e. The van der Waals surface area contributed by atoms with E-state index < -0.39 is 0 Å². The van der Waals surface area contributed by atoms with Gasteiger partial charge in [0.1, 0.15) is 12.4 Å². The van der Waals surface area contributed by atoms with Gasteiger partial charge in [-0.1, -0.05) is 12.1 Å². The summed E-state index contributed by atoms with van der Waals surface area (Å²) in [5, 5.41) is 0. The van der Waals surface area contributed by atoms with Crippen LogP contribution < -0.4 is 4.74 Å². The van der Waals surface area contributed by atoms with Crippen molar-refractivity contribution in [1.29, 1.82) is 0 Å². The summed E-state index contributed by atoms with van der Waals surface area (Å²) in [7, 11) is 0. The van der Waals surface area contributed by atoms with Crippen molar-refractivity contribution in [2.24, 2.45) is 0 Å². The zero-order valence-electron chi connectivity index (χ0n) is 11.6. The average Bonchev–Trinajstić information content (AvgIpc) is 2.73. The third-order valence-corrected chi connectivity index (χ3v) is 3.33. The number of aryl methyl sites for hydroxylation is 1. The molecule has 0 saturated heterocycles. The fourth-order valence-electron chi connectivity index (χ4n) is 2.31. The highest BCUT2D eigenvalue weighted by Gasteiger charge is 2.34. The first-order valence-electron chi connectivity index (χ1n) is 6.67. The number of amides is 2. The van der Waals surface area contributed by atoms with E-state index >= 15 is 0 Å². The van der Waals surface area contributed by atoms with Gasteiger partial charge in [-0.25, -0.2) is 0 Å². The molecule has 0 N–H and O–H groups in total. The second-order valence-electron chi connectivity index (χ2n) is 4.79. The number of rotatable bonds is 4. The van der Waals surface area contributed by atoms with Crippen LogP contribution in [0.2, 0.25) is 0 Å². The number of hydrogen-bond donors (Lipinski definition) is 0. The van der Waals surface area contributed by atoms with Gasteiger partial charge in [0.2, 0.25) is 0 Å². The topological polar surface area (TPSA) is 59.5 Å². The van der Waals surface area contributed by atoms with Gasteiger partial charge in [0.05, 0.1) is 17.7 Å². The Morgan fingerprint density at radius 3 is 2.38 bits per heavy atom. The maximum absolute atomic E-state index is 12.1. The monoisotopic (exact) mass is 282 g/mol. The van der Waals surface area contributed by atoms with Gasteiger partial charge >= 0.3 is 0 Å². The van der Waals surface area contributed by atoms with E-state index in [4.69, 9.17) is 4.74 Å². The highest BCUT2D eigenvalue weighted by atomic mass is 16.5. The average molecular weight is 282 g/mol. The molecule has 0 spiro atoms. The van der Waals surface area contributed by atoms with Crippen LogP contribution in [-0.4, -0.2) is 34.8 Å². The van der Waals surface area contributed by atoms with Crippen molar-refractivity contribution in [3.8, 4) is 5.75 Å². The standard InChI is InChI=1S/C16H14N2O3/c1-11-10-12(6-7-17-11)21-9-8-18-15(19)13-4-2-3-5-14(13)16(18)20/h2-7,10H,8-9H2,1H3. The second-order valence-corrected chi connectivity index (χ2v) is 4.79. The maximum atomic E-state index is 12.1. The van der Waals surface area contributed by atoms with Crippen molar-refractivity contribution in [2.45, 2.75) is 6.92 Å². The van der Waals surface area contributed by atoms with Gasteiger partial charge in [-0.3, -0.25) is 19.5 Å². The van der Waals surface area contributed by atoms with Crippen molar-refractivity contribution >= 4 is 11.8 Å². The van der Waals surface area contributed by atoms with Crippen LogP contribution in [0.5, 0.6) is 5.75 Å². The summed E-state index contributed by atoms with van der Waals surface area (Å²) in [4.78, 5) is 29.6. The quantitative estimate of drug-likeness (QED) is 0.805. The van der Waals surface area contributed by atoms with E-state index in [0.717, 1.165) is 5.69 Å². The summed E-state index contributed by atoms with van der Waals surface area (Å²) >= 11 is 0. The molecule has 0 bridgehead atoms. The van der Waals surface area contributed by atoms with E-state index in [1.165, 1.54) is 4.90 Å². The molecule has 0 radical (unpaired) electrons. The SMILES string of the molecule is Cc1cc(OCCN2C(=O)c3ccccc3C2=O)ccn1. The summed E-state index contributed by atoms with van der Waals surface area (Å²) in [6.07, 6.45) is 1.66. The molecule has 1 aliphatic rings. The van der Waals surface area contributed by atoms with Gasteiger partial charge in [-0.05, 0) is 25.1 Å². The van der Waals surface area contributed by atoms with Crippen LogP contribution in [0.25, 0.3) is 0 Å². The molecule has 2 aromatic rings. The van der Waals surface area contributed by atoms with Gasteiger partial charge in [-0.15, -0.1) is 0 Å². The summed E-state index contributed by atoms with van der Waals surface area (Å²) in [6.45, 7) is 2.36. The van der Waals surface area contributed by atoms with Crippen LogP contribution in [0.1, 0.15) is 26.4 Å². The molecular weight excluding hydrogens is 268 g/mol. The Labute approximate surface area is 122 Å². The fraction of sp³-hybridized carbons (Fsp3) is 0.188. The lowest BCUT2D eigenvalue weighted by atomic mass is 10.1. The third kappa shape index (κ3) is 2.50. The predicted molar refractivity (Wildman–Crippen MR) is 76.3 cm³/mol. The number of hydrogen-bond acceptors (Lipinski definition) is 4. The highest BCUT2D eigenvalue weighted by molar-refractivity contribution is 6.21. The molecule has 5 heteroatoms. The van der Waals surface area contributed by atoms with Crippen molar-refractivity contribution in [1.82, 2.24) is 9.88 Å². The van der Waals surface area contributed by atoms with Gasteiger partial charge in [0.25, 0.3) is 11.8 Å². The minimum atomic E-state index is -0.259. The molecule has 21 heavy (non-hydrogen) atoms. The van der Waals surface area contributed by atoms with Crippen molar-refractivity contribution in [2.75, 3.05) is 13.2 Å². The minimum Gasteiger partial charge on any atom is -0.492 e. The number of imide groups is 1. The van der Waals surface area contributed by atoms with Crippen LogP contribution in [0.15, 0.2) is 42.6 Å². The zero-order valence-corrected chi connectivity index (χ0v) is 11.6. The maximum Gasteiger partial charge on any atom is 0.261 e. The van der Waals surface area contributed by atoms with E-state index in [1.807, 2.05) is 13.0 Å². The molecule has 1 aromatic heterocycles. The van der Waals surface area contributed by atoms with E-state index in [2.05, 4.69) is 4.98 Å². The van der Waals surface area contributed by atoms with Gasteiger partial charge < -0.3 is 4.74 Å². The van der Waals surface area contributed by atoms with Crippen LogP contribution in [0.4, 0.5) is 0 Å². The van der Waals surface area contributed by atoms with Crippen LogP contribution in [-0.2, 0) is 0 Å². The Kier molecular flexibility index (Phi) is 3.39. The molecule has 2 heterocycles. The molecule has 5 nitrogen and oxygen atoms in total. The van der Waals surface area contributed by atoms with Gasteiger partial charge in [0.15, 0.2) is 0 Å². The van der Waals surface area contributed by atoms with Gasteiger partial charge in [-0.2, -0.15) is 0 Å². The lowest BCUT2D eigenvalue weighted by Crippen LogP contribution is -2.33. The fourth-order valence-corrected chi connectivity index (χ4v) is 2.31. The third-order valence-electron chi connectivity index (χ3n) is 3.33. The first-order chi connectivity index (χ1) is 10.2. The van der Waals surface area contributed by atoms with Crippen LogP contribution >= 0.6 is 0 Å². The molecule has 2 amide bonds. The molecule has 0 fully saturated rings. The Balaban J connectivity index is 1.65. The number of pyridine rings is 1. The summed E-state index contributed by atoms with van der Waals surface area (Å²) in [6, 6.07) is 10.4.